The van der Waals surface area contributed by atoms with Gasteiger partial charge in [-0.3, -0.25) is 0 Å². The van der Waals surface area contributed by atoms with Gasteiger partial charge in [0.05, 0.1) is 5.52 Å². The van der Waals surface area contributed by atoms with Gasteiger partial charge in [0, 0.05) is 15.9 Å². The molecule has 3 aromatic rings. The lowest BCUT2D eigenvalue weighted by Gasteiger charge is -1.96. The van der Waals surface area contributed by atoms with E-state index in [4.69, 9.17) is 11.6 Å². The van der Waals surface area contributed by atoms with Gasteiger partial charge in [0.1, 0.15) is 0 Å². The first kappa shape index (κ1) is 10.8. The smallest absolute Gasteiger partial charge is 0.179 e. The first-order valence-electron chi connectivity index (χ1n) is 4.85. The highest BCUT2D eigenvalue weighted by molar-refractivity contribution is 7.66. The summed E-state index contributed by atoms with van der Waals surface area (Å²) in [4.78, 5) is 8.82. The van der Waals surface area contributed by atoms with Gasteiger partial charge in [0.25, 0.3) is 0 Å². The summed E-state index contributed by atoms with van der Waals surface area (Å²) < 4.78 is 4.69. The Labute approximate surface area is 110 Å². The molecule has 0 saturated carbocycles. The van der Waals surface area contributed by atoms with Gasteiger partial charge in [0.2, 0.25) is 0 Å². The maximum Gasteiger partial charge on any atom is 0.179 e. The Bertz CT molecular complexity index is 732. The van der Waals surface area contributed by atoms with Gasteiger partial charge in [-0.2, -0.15) is 4.37 Å². The van der Waals surface area contributed by atoms with Crippen LogP contribution in [0.4, 0.5) is 5.82 Å². The molecule has 0 radical (unpaired) electrons. The van der Waals surface area contributed by atoms with Crippen LogP contribution in [0.5, 0.6) is 0 Å². The van der Waals surface area contributed by atoms with Gasteiger partial charge >= 0.3 is 0 Å². The monoisotopic (exact) mass is 279 g/mol. The Kier molecular flexibility index (Phi) is 2.88. The summed E-state index contributed by atoms with van der Waals surface area (Å²) in [5.74, 6) is 0.655. The second kappa shape index (κ2) is 4.52. The number of hydrogen-bond donors (Lipinski definition) is 0. The van der Waals surface area contributed by atoms with E-state index in [2.05, 4.69) is 14.3 Å². The summed E-state index contributed by atoms with van der Waals surface area (Å²) in [6.07, 6.45) is 0. The van der Waals surface area contributed by atoms with Crippen LogP contribution in [0.15, 0.2) is 41.4 Å². The predicted octanol–water partition coefficient (Wildman–Crippen LogP) is 3.64. The van der Waals surface area contributed by atoms with E-state index < -0.39 is 0 Å². The molecule has 0 amide bonds. The Hall–Kier alpha value is -1.30. The van der Waals surface area contributed by atoms with Crippen LogP contribution in [0.1, 0.15) is 0 Å². The van der Waals surface area contributed by atoms with Gasteiger partial charge in [-0.05, 0) is 28.5 Å². The van der Waals surface area contributed by atoms with Crippen molar-refractivity contribution in [2.75, 3.05) is 0 Å². The lowest BCUT2D eigenvalue weighted by atomic mass is 10.2. The van der Waals surface area contributed by atoms with Gasteiger partial charge < -0.3 is 0 Å². The minimum Gasteiger partial charge on any atom is -0.229 e. The zero-order valence-electron chi connectivity index (χ0n) is 8.50. The zero-order valence-corrected chi connectivity index (χ0v) is 10.9. The molecule has 0 saturated heterocycles. The number of halogens is 1. The lowest BCUT2D eigenvalue weighted by molar-refractivity contribution is 1.27. The lowest BCUT2D eigenvalue weighted by Crippen LogP contribution is -1.93. The van der Waals surface area contributed by atoms with Crippen molar-refractivity contribution in [2.24, 2.45) is 4.99 Å². The van der Waals surface area contributed by atoms with Crippen molar-refractivity contribution in [3.05, 3.63) is 46.2 Å². The fourth-order valence-electron chi connectivity index (χ4n) is 1.45. The van der Waals surface area contributed by atoms with Gasteiger partial charge in [0.15, 0.2) is 15.6 Å². The Balaban J connectivity index is 2.17. The normalized spacial score (nSPS) is 12.2. The fourth-order valence-corrected chi connectivity index (χ4v) is 3.43. The molecule has 1 aromatic carbocycles. The highest BCUT2D eigenvalue weighted by Crippen LogP contribution is 2.17. The van der Waals surface area contributed by atoms with Crippen LogP contribution in [0.2, 0.25) is 5.15 Å². The Morgan fingerprint density at radius 3 is 2.82 bits per heavy atom. The largest absolute Gasteiger partial charge is 0.229 e. The molecule has 6 heteroatoms. The average Bonchev–Trinajstić information content (AvgIpc) is 2.75. The Morgan fingerprint density at radius 2 is 2.00 bits per heavy atom. The molecule has 3 rings (SSSR count). The van der Waals surface area contributed by atoms with E-state index in [1.807, 2.05) is 36.4 Å². The van der Waals surface area contributed by atoms with E-state index in [0.29, 0.717) is 15.6 Å². The van der Waals surface area contributed by atoms with Crippen molar-refractivity contribution in [2.45, 2.75) is 0 Å². The van der Waals surface area contributed by atoms with Crippen molar-refractivity contribution >= 4 is 49.2 Å². The van der Waals surface area contributed by atoms with Gasteiger partial charge in [-0.1, -0.05) is 29.8 Å². The van der Waals surface area contributed by atoms with Crippen LogP contribution in [0.3, 0.4) is 0 Å². The summed E-state index contributed by atoms with van der Waals surface area (Å²) in [6, 6.07) is 11.8. The molecule has 0 atom stereocenters. The summed E-state index contributed by atoms with van der Waals surface area (Å²) in [5.41, 5.74) is 0.929. The Morgan fingerprint density at radius 1 is 1.12 bits per heavy atom. The number of fused-ring (bicyclic) bond motifs is 1. The van der Waals surface area contributed by atoms with Crippen molar-refractivity contribution in [1.82, 2.24) is 9.36 Å². The fraction of sp³-hybridized carbons (Fsp3) is 0. The van der Waals surface area contributed by atoms with E-state index in [1.54, 1.807) is 0 Å². The molecule has 0 bridgehead atoms. The van der Waals surface area contributed by atoms with E-state index in [-0.39, 0.29) is 0 Å². The summed E-state index contributed by atoms with van der Waals surface area (Å²) in [5, 5.41) is 1.54. The van der Waals surface area contributed by atoms with Crippen LogP contribution in [-0.4, -0.2) is 9.36 Å². The van der Waals surface area contributed by atoms with Gasteiger partial charge in [-0.25, -0.2) is 9.98 Å². The van der Waals surface area contributed by atoms with E-state index in [1.165, 1.54) is 20.9 Å². The zero-order chi connectivity index (χ0) is 11.7. The summed E-state index contributed by atoms with van der Waals surface area (Å²) in [6.45, 7) is 0. The van der Waals surface area contributed by atoms with Crippen LogP contribution in [-0.2, 0) is 0 Å². The standard InChI is InChI=1S/C11H6ClN3S2/c12-10-11(16-17-15-10)14-9-6-5-7-3-1-2-4-8(7)13-9/h1-6H. The molecule has 0 unspecified atom stereocenters. The number of hydrogen-bond acceptors (Lipinski definition) is 5. The van der Waals surface area contributed by atoms with Crippen molar-refractivity contribution in [3.8, 4) is 0 Å². The quantitative estimate of drug-likeness (QED) is 0.638. The molecule has 3 nitrogen and oxygen atoms in total. The maximum absolute atomic E-state index is 5.90. The molecular formula is C11H6ClN3S2. The van der Waals surface area contributed by atoms with Crippen molar-refractivity contribution in [1.29, 1.82) is 0 Å². The number of benzene rings is 1. The molecule has 0 spiro atoms. The molecular weight excluding hydrogens is 274 g/mol. The molecule has 84 valence electrons. The molecule has 17 heavy (non-hydrogen) atoms. The molecule has 0 fully saturated rings. The van der Waals surface area contributed by atoms with Crippen LogP contribution >= 0.6 is 32.5 Å². The highest BCUT2D eigenvalue weighted by Gasteiger charge is 1.99. The number of aromatic nitrogens is 2. The van der Waals surface area contributed by atoms with Crippen LogP contribution in [0, 0.1) is 0 Å². The molecule has 0 N–H and O–H groups in total. The summed E-state index contributed by atoms with van der Waals surface area (Å²) >= 11 is 5.90. The van der Waals surface area contributed by atoms with Crippen molar-refractivity contribution in [3.63, 3.8) is 0 Å². The van der Waals surface area contributed by atoms with E-state index in [0.717, 1.165) is 10.9 Å². The molecule has 0 aliphatic rings. The molecule has 2 heterocycles. The SMILES string of the molecule is Clc1nssc1=Nc1ccc2ccccc2n1. The number of pyridine rings is 1. The number of rotatable bonds is 1. The van der Waals surface area contributed by atoms with Crippen LogP contribution in [0.25, 0.3) is 10.9 Å². The van der Waals surface area contributed by atoms with Gasteiger partial charge in [-0.15, -0.1) is 0 Å². The molecule has 0 aliphatic carbocycles. The predicted molar refractivity (Wildman–Crippen MR) is 72.0 cm³/mol. The number of para-hydroxylation sites is 1. The van der Waals surface area contributed by atoms with E-state index in [9.17, 15) is 0 Å². The average molecular weight is 280 g/mol. The second-order valence-electron chi connectivity index (χ2n) is 3.32. The first-order valence-corrected chi connectivity index (χ1v) is 7.33. The molecule has 2 aromatic heterocycles. The summed E-state index contributed by atoms with van der Waals surface area (Å²) in [7, 11) is 2.77. The van der Waals surface area contributed by atoms with E-state index >= 15 is 0 Å². The number of nitrogens with zero attached hydrogens (tertiary/aromatic N) is 3. The maximum atomic E-state index is 5.90. The first-order chi connectivity index (χ1) is 8.33. The molecule has 0 aliphatic heterocycles. The topological polar surface area (TPSA) is 38.1 Å². The van der Waals surface area contributed by atoms with Crippen LogP contribution < -0.4 is 4.67 Å². The third kappa shape index (κ3) is 2.22. The highest BCUT2D eigenvalue weighted by atomic mass is 35.5. The third-order valence-corrected chi connectivity index (χ3v) is 4.38. The second-order valence-corrected chi connectivity index (χ2v) is 5.51. The van der Waals surface area contributed by atoms with Crippen molar-refractivity contribution < 1.29 is 0 Å². The minimum atomic E-state index is 0.440. The third-order valence-electron chi connectivity index (χ3n) is 2.21. The minimum absolute atomic E-state index is 0.440.